The van der Waals surface area contributed by atoms with E-state index in [4.69, 9.17) is 5.73 Å². The number of anilines is 2. The van der Waals surface area contributed by atoms with Crippen LogP contribution in [-0.4, -0.2) is 23.4 Å². The van der Waals surface area contributed by atoms with Gasteiger partial charge in [-0.15, -0.1) is 5.10 Å². The van der Waals surface area contributed by atoms with Crippen molar-refractivity contribution in [1.82, 2.24) is 15.0 Å². The highest BCUT2D eigenvalue weighted by Gasteiger charge is 2.25. The first kappa shape index (κ1) is 13.7. The number of nitrogens with two attached hydrogens (primary N) is 1. The molecule has 0 unspecified atom stereocenters. The second-order valence-corrected chi connectivity index (χ2v) is 6.00. The highest BCUT2D eigenvalue weighted by Crippen LogP contribution is 2.24. The minimum Gasteiger partial charge on any atom is -0.399 e. The molecule has 1 heterocycles. The van der Waals surface area contributed by atoms with Crippen molar-refractivity contribution in [1.29, 1.82) is 0 Å². The monoisotopic (exact) mass is 349 g/mol. The van der Waals surface area contributed by atoms with Crippen LogP contribution in [-0.2, 0) is 17.1 Å². The molecule has 0 aliphatic carbocycles. The molecule has 0 amide bonds. The summed E-state index contributed by atoms with van der Waals surface area (Å²) in [6.07, 6.45) is 0. The number of nitrogens with one attached hydrogen (secondary N) is 1. The van der Waals surface area contributed by atoms with Gasteiger partial charge in [-0.2, -0.15) is 8.42 Å². The Morgan fingerprint density at radius 3 is 2.74 bits per heavy atom. The van der Waals surface area contributed by atoms with Gasteiger partial charge in [-0.05, 0) is 34.1 Å². The van der Waals surface area contributed by atoms with Crippen LogP contribution in [0.1, 0.15) is 0 Å². The van der Waals surface area contributed by atoms with E-state index in [2.05, 4.69) is 31.0 Å². The minimum absolute atomic E-state index is 0.0341. The molecule has 0 saturated carbocycles. The molecule has 0 fully saturated rings. The standard InChI is InChI=1S/C9H9BrFN5O2S/c1-16-9(8(10)13-15-16)19(17,18)14-7-4-5(12)2-3-6(7)11/h2-4,14H,12H2,1H3. The van der Waals surface area contributed by atoms with Crippen LogP contribution in [0.4, 0.5) is 15.8 Å². The van der Waals surface area contributed by atoms with Crippen LogP contribution in [0.3, 0.4) is 0 Å². The molecule has 2 aromatic rings. The number of aromatic nitrogens is 3. The van der Waals surface area contributed by atoms with Crippen molar-refractivity contribution in [2.24, 2.45) is 7.05 Å². The van der Waals surface area contributed by atoms with Gasteiger partial charge in [-0.3, -0.25) is 4.72 Å². The SMILES string of the molecule is Cn1nnc(Br)c1S(=O)(=O)Nc1cc(N)ccc1F. The Balaban J connectivity index is 2.45. The molecule has 0 bridgehead atoms. The third-order valence-corrected chi connectivity index (χ3v) is 4.48. The summed E-state index contributed by atoms with van der Waals surface area (Å²) in [5.74, 6) is -0.732. The Hall–Kier alpha value is -1.68. The van der Waals surface area contributed by atoms with Crippen LogP contribution in [0.25, 0.3) is 0 Å². The lowest BCUT2D eigenvalue weighted by Gasteiger charge is -2.09. The summed E-state index contributed by atoms with van der Waals surface area (Å²) in [7, 11) is -2.62. The average Bonchev–Trinajstić information content (AvgIpc) is 2.64. The Labute approximate surface area is 116 Å². The Morgan fingerprint density at radius 1 is 1.47 bits per heavy atom. The van der Waals surface area contributed by atoms with E-state index in [0.717, 1.165) is 10.7 Å². The number of nitrogen functional groups attached to an aromatic ring is 1. The Morgan fingerprint density at radius 2 is 2.16 bits per heavy atom. The lowest BCUT2D eigenvalue weighted by atomic mass is 10.3. The molecule has 0 aliphatic heterocycles. The van der Waals surface area contributed by atoms with E-state index in [1.165, 1.54) is 19.2 Å². The minimum atomic E-state index is -4.03. The van der Waals surface area contributed by atoms with Gasteiger partial charge in [-0.1, -0.05) is 5.21 Å². The summed E-state index contributed by atoms with van der Waals surface area (Å²) < 4.78 is 40.9. The summed E-state index contributed by atoms with van der Waals surface area (Å²) in [4.78, 5) is 0. The van der Waals surface area contributed by atoms with Crippen LogP contribution >= 0.6 is 15.9 Å². The van der Waals surface area contributed by atoms with Gasteiger partial charge in [-0.25, -0.2) is 9.07 Å². The topological polar surface area (TPSA) is 103 Å². The van der Waals surface area contributed by atoms with Crippen molar-refractivity contribution in [3.05, 3.63) is 28.6 Å². The number of nitrogens with zero attached hydrogens (tertiary/aromatic N) is 3. The molecule has 0 saturated heterocycles. The largest absolute Gasteiger partial charge is 0.399 e. The van der Waals surface area contributed by atoms with Crippen molar-refractivity contribution in [3.8, 4) is 0 Å². The fraction of sp³-hybridized carbons (Fsp3) is 0.111. The van der Waals surface area contributed by atoms with Crippen molar-refractivity contribution >= 4 is 37.3 Å². The predicted molar refractivity (Wildman–Crippen MR) is 70.3 cm³/mol. The maximum atomic E-state index is 13.5. The highest BCUT2D eigenvalue weighted by molar-refractivity contribution is 9.10. The number of halogens is 2. The van der Waals surface area contributed by atoms with E-state index in [1.54, 1.807) is 0 Å². The van der Waals surface area contributed by atoms with E-state index in [0.29, 0.717) is 0 Å². The molecule has 3 N–H and O–H groups in total. The van der Waals surface area contributed by atoms with Crippen molar-refractivity contribution in [3.63, 3.8) is 0 Å². The lowest BCUT2D eigenvalue weighted by Crippen LogP contribution is -2.18. The Bertz CT molecular complexity index is 711. The number of sulfonamides is 1. The summed E-state index contributed by atoms with van der Waals surface area (Å²) in [5, 5.41) is 6.89. The van der Waals surface area contributed by atoms with Crippen LogP contribution in [0.5, 0.6) is 0 Å². The summed E-state index contributed by atoms with van der Waals surface area (Å²) in [6.45, 7) is 0. The molecule has 0 atom stereocenters. The van der Waals surface area contributed by atoms with Crippen molar-refractivity contribution in [2.75, 3.05) is 10.5 Å². The van der Waals surface area contributed by atoms with Gasteiger partial charge in [0.2, 0.25) is 5.03 Å². The smallest absolute Gasteiger partial charge is 0.282 e. The maximum Gasteiger partial charge on any atom is 0.282 e. The second-order valence-electron chi connectivity index (χ2n) is 3.65. The number of hydrogen-bond acceptors (Lipinski definition) is 5. The van der Waals surface area contributed by atoms with Gasteiger partial charge in [0.05, 0.1) is 5.69 Å². The molecule has 0 aliphatic rings. The first-order valence-corrected chi connectivity index (χ1v) is 7.22. The molecule has 19 heavy (non-hydrogen) atoms. The predicted octanol–water partition coefficient (Wildman–Crippen LogP) is 1.10. The Kier molecular flexibility index (Phi) is 3.45. The molecule has 102 valence electrons. The van der Waals surface area contributed by atoms with Gasteiger partial charge in [0.25, 0.3) is 10.0 Å². The van der Waals surface area contributed by atoms with Crippen LogP contribution in [0.15, 0.2) is 27.8 Å². The molecule has 10 heteroatoms. The van der Waals surface area contributed by atoms with Gasteiger partial charge in [0, 0.05) is 12.7 Å². The van der Waals surface area contributed by atoms with Crippen LogP contribution in [0, 0.1) is 5.82 Å². The molecule has 0 spiro atoms. The van der Waals surface area contributed by atoms with E-state index in [1.807, 2.05) is 0 Å². The van der Waals surface area contributed by atoms with Crippen molar-refractivity contribution < 1.29 is 12.8 Å². The first-order chi connectivity index (χ1) is 8.81. The molecule has 0 radical (unpaired) electrons. The summed E-state index contributed by atoms with van der Waals surface area (Å²) in [6, 6.07) is 3.59. The van der Waals surface area contributed by atoms with Gasteiger partial charge >= 0.3 is 0 Å². The number of benzene rings is 1. The molecule has 1 aromatic heterocycles. The van der Waals surface area contributed by atoms with Crippen LogP contribution in [0.2, 0.25) is 0 Å². The first-order valence-electron chi connectivity index (χ1n) is 4.94. The fourth-order valence-corrected chi connectivity index (χ4v) is 3.58. The molecule has 1 aromatic carbocycles. The highest BCUT2D eigenvalue weighted by atomic mass is 79.9. The lowest BCUT2D eigenvalue weighted by molar-refractivity contribution is 0.577. The van der Waals surface area contributed by atoms with Gasteiger partial charge in [0.15, 0.2) is 4.60 Å². The van der Waals surface area contributed by atoms with E-state index >= 15 is 0 Å². The quantitative estimate of drug-likeness (QED) is 0.807. The van der Waals surface area contributed by atoms with Gasteiger partial charge in [0.1, 0.15) is 5.82 Å². The molecule has 2 rings (SSSR count). The second kappa shape index (κ2) is 4.78. The summed E-state index contributed by atoms with van der Waals surface area (Å²) >= 11 is 2.97. The van der Waals surface area contributed by atoms with Gasteiger partial charge < -0.3 is 5.73 Å². The number of hydrogen-bond donors (Lipinski definition) is 2. The van der Waals surface area contributed by atoms with E-state index in [-0.39, 0.29) is 21.0 Å². The zero-order valence-electron chi connectivity index (χ0n) is 9.63. The van der Waals surface area contributed by atoms with Crippen molar-refractivity contribution in [2.45, 2.75) is 5.03 Å². The molecular weight excluding hydrogens is 341 g/mol. The summed E-state index contributed by atoms with van der Waals surface area (Å²) in [5.41, 5.74) is 5.48. The van der Waals surface area contributed by atoms with E-state index < -0.39 is 15.8 Å². The average molecular weight is 350 g/mol. The molecule has 7 nitrogen and oxygen atoms in total. The fourth-order valence-electron chi connectivity index (χ4n) is 1.42. The number of rotatable bonds is 3. The molecular formula is C9H9BrFN5O2S. The third-order valence-electron chi connectivity index (χ3n) is 2.23. The number of aryl methyl sites for hydroxylation is 1. The zero-order chi connectivity index (χ0) is 14.2. The maximum absolute atomic E-state index is 13.5. The normalized spacial score (nSPS) is 11.5. The van der Waals surface area contributed by atoms with E-state index in [9.17, 15) is 12.8 Å². The van der Waals surface area contributed by atoms with Crippen LogP contribution < -0.4 is 10.5 Å². The third kappa shape index (κ3) is 2.68. The zero-order valence-corrected chi connectivity index (χ0v) is 12.0.